The molecule has 2 aliphatic rings. The summed E-state index contributed by atoms with van der Waals surface area (Å²) in [5.41, 5.74) is 3.55. The quantitative estimate of drug-likeness (QED) is 0.531. The van der Waals surface area contributed by atoms with Crippen LogP contribution in [0.15, 0.2) is 48.5 Å². The zero-order valence-corrected chi connectivity index (χ0v) is 23.1. The Morgan fingerprint density at radius 2 is 1.25 bits per heavy atom. The lowest BCUT2D eigenvalue weighted by atomic mass is 9.79. The first-order valence-electron chi connectivity index (χ1n) is 13.4. The molecule has 2 saturated heterocycles. The van der Waals surface area contributed by atoms with Crippen molar-refractivity contribution in [2.45, 2.75) is 71.6 Å². The molecule has 194 valence electrons. The van der Waals surface area contributed by atoms with Crippen LogP contribution in [0.3, 0.4) is 0 Å². The molecule has 2 heterocycles. The molecule has 2 aliphatic heterocycles. The van der Waals surface area contributed by atoms with Gasteiger partial charge < -0.3 is 24.0 Å². The molecule has 0 radical (unpaired) electrons. The number of piperazine rings is 1. The molecular formula is C29H42BN3O3. The van der Waals surface area contributed by atoms with Crippen LogP contribution in [0.5, 0.6) is 0 Å². The number of carbonyl (C=O) groups is 1. The Hall–Kier alpha value is -2.51. The van der Waals surface area contributed by atoms with E-state index in [1.165, 1.54) is 11.4 Å². The van der Waals surface area contributed by atoms with Gasteiger partial charge in [-0.2, -0.15) is 0 Å². The summed E-state index contributed by atoms with van der Waals surface area (Å²) in [6, 6.07) is 17.0. The molecule has 4 rings (SSSR count). The number of hydrogen-bond acceptors (Lipinski definition) is 5. The molecule has 2 aromatic rings. The lowest BCUT2D eigenvalue weighted by Crippen LogP contribution is -2.46. The molecule has 0 atom stereocenters. The first kappa shape index (κ1) is 26.6. The number of anilines is 2. The summed E-state index contributed by atoms with van der Waals surface area (Å²) in [5.74, 6) is 0.101. The first-order chi connectivity index (χ1) is 17.1. The molecule has 2 fully saturated rings. The van der Waals surface area contributed by atoms with E-state index in [4.69, 9.17) is 9.31 Å². The van der Waals surface area contributed by atoms with Crippen molar-refractivity contribution < 1.29 is 14.1 Å². The van der Waals surface area contributed by atoms with Gasteiger partial charge in [-0.15, -0.1) is 0 Å². The Morgan fingerprint density at radius 3 is 1.67 bits per heavy atom. The van der Waals surface area contributed by atoms with Crippen LogP contribution in [-0.2, 0) is 9.31 Å². The second-order valence-corrected chi connectivity index (χ2v) is 11.1. The van der Waals surface area contributed by atoms with Crippen LogP contribution >= 0.6 is 0 Å². The number of nitrogens with zero attached hydrogens (tertiary/aromatic N) is 3. The molecule has 1 amide bonds. The number of hydrogen-bond donors (Lipinski definition) is 0. The third kappa shape index (κ3) is 5.28. The lowest BCUT2D eigenvalue weighted by molar-refractivity contribution is 0.00578. The van der Waals surface area contributed by atoms with Crippen LogP contribution in [-0.4, -0.2) is 68.4 Å². The topological polar surface area (TPSA) is 45.3 Å². The van der Waals surface area contributed by atoms with Crippen LogP contribution in [0.1, 0.15) is 64.7 Å². The predicted octanol–water partition coefficient (Wildman–Crippen LogP) is 4.57. The fourth-order valence-corrected chi connectivity index (χ4v) is 5.06. The largest absolute Gasteiger partial charge is 0.494 e. The van der Waals surface area contributed by atoms with Crippen molar-refractivity contribution >= 4 is 29.9 Å². The normalized spacial score (nSPS) is 19.2. The van der Waals surface area contributed by atoms with E-state index in [0.29, 0.717) is 0 Å². The molecule has 7 heteroatoms. The van der Waals surface area contributed by atoms with Gasteiger partial charge >= 0.3 is 7.12 Å². The SMILES string of the molecule is CCC(CC)N(C)C(=O)c1ccc(N2CCN(c3ccc(B4OC(C)(C)C(C)(C)O4)cc3)CC2)cc1. The Labute approximate surface area is 217 Å². The summed E-state index contributed by atoms with van der Waals surface area (Å²) in [5, 5.41) is 0. The summed E-state index contributed by atoms with van der Waals surface area (Å²) in [4.78, 5) is 19.6. The summed E-state index contributed by atoms with van der Waals surface area (Å²) in [6.45, 7) is 16.4. The third-order valence-corrected chi connectivity index (χ3v) is 8.35. The van der Waals surface area contributed by atoms with Gasteiger partial charge in [0.25, 0.3) is 5.91 Å². The Morgan fingerprint density at radius 1 is 0.833 bits per heavy atom. The fourth-order valence-electron chi connectivity index (χ4n) is 5.06. The highest BCUT2D eigenvalue weighted by atomic mass is 16.7. The molecular weight excluding hydrogens is 449 g/mol. The zero-order chi connectivity index (χ0) is 26.1. The van der Waals surface area contributed by atoms with Crippen LogP contribution in [0, 0.1) is 0 Å². The third-order valence-electron chi connectivity index (χ3n) is 8.35. The average molecular weight is 491 g/mol. The monoisotopic (exact) mass is 491 g/mol. The maximum Gasteiger partial charge on any atom is 0.494 e. The standard InChI is InChI=1S/C29H42BN3O3/c1-8-24(9-2)31(7)27(34)22-10-14-25(15-11-22)32-18-20-33(21-19-32)26-16-12-23(13-17-26)30-35-28(3,4)29(5,6)36-30/h10-17,24H,8-9,18-21H2,1-7H3. The first-order valence-corrected chi connectivity index (χ1v) is 13.4. The van der Waals surface area contributed by atoms with E-state index in [1.54, 1.807) is 0 Å². The number of carbonyl (C=O) groups excluding carboxylic acids is 1. The summed E-state index contributed by atoms with van der Waals surface area (Å²) >= 11 is 0. The minimum atomic E-state index is -0.332. The van der Waals surface area contributed by atoms with Gasteiger partial charge in [0, 0.05) is 56.2 Å². The molecule has 0 spiro atoms. The highest BCUT2D eigenvalue weighted by Crippen LogP contribution is 2.36. The Balaban J connectivity index is 1.33. The molecule has 36 heavy (non-hydrogen) atoms. The minimum Gasteiger partial charge on any atom is -0.399 e. The van der Waals surface area contributed by atoms with Crippen molar-refractivity contribution in [1.82, 2.24) is 4.90 Å². The summed E-state index contributed by atoms with van der Waals surface area (Å²) in [7, 11) is 1.58. The molecule has 0 N–H and O–H groups in total. The van der Waals surface area contributed by atoms with Crippen LogP contribution in [0.25, 0.3) is 0 Å². The smallest absolute Gasteiger partial charge is 0.399 e. The van der Waals surface area contributed by atoms with Gasteiger partial charge in [0.2, 0.25) is 0 Å². The molecule has 2 aromatic carbocycles. The lowest BCUT2D eigenvalue weighted by Gasteiger charge is -2.37. The van der Waals surface area contributed by atoms with Gasteiger partial charge in [-0.25, -0.2) is 0 Å². The van der Waals surface area contributed by atoms with Crippen molar-refractivity contribution in [3.05, 3.63) is 54.1 Å². The predicted molar refractivity (Wildman–Crippen MR) is 149 cm³/mol. The van der Waals surface area contributed by atoms with Gasteiger partial charge in [-0.3, -0.25) is 4.79 Å². The van der Waals surface area contributed by atoms with Gasteiger partial charge in [0.15, 0.2) is 0 Å². The van der Waals surface area contributed by atoms with E-state index in [0.717, 1.165) is 50.0 Å². The summed E-state index contributed by atoms with van der Waals surface area (Å²) < 4.78 is 12.4. The van der Waals surface area contributed by atoms with Gasteiger partial charge in [0.05, 0.1) is 11.2 Å². The fraction of sp³-hybridized carbons (Fsp3) is 0.552. The van der Waals surface area contributed by atoms with E-state index in [-0.39, 0.29) is 30.3 Å². The van der Waals surface area contributed by atoms with E-state index in [1.807, 2.05) is 24.1 Å². The highest BCUT2D eigenvalue weighted by molar-refractivity contribution is 6.62. The van der Waals surface area contributed by atoms with E-state index >= 15 is 0 Å². The minimum absolute atomic E-state index is 0.101. The molecule has 6 nitrogen and oxygen atoms in total. The van der Waals surface area contributed by atoms with Crippen LogP contribution in [0.2, 0.25) is 0 Å². The Bertz CT molecular complexity index is 1010. The van der Waals surface area contributed by atoms with E-state index < -0.39 is 0 Å². The van der Waals surface area contributed by atoms with Crippen molar-refractivity contribution in [1.29, 1.82) is 0 Å². The maximum atomic E-state index is 12.9. The maximum absolute atomic E-state index is 12.9. The molecule has 0 unspecified atom stereocenters. The van der Waals surface area contributed by atoms with Crippen LogP contribution < -0.4 is 15.3 Å². The molecule has 0 bridgehead atoms. The summed E-state index contributed by atoms with van der Waals surface area (Å²) in [6.07, 6.45) is 1.95. The number of benzene rings is 2. The van der Waals surface area contributed by atoms with Gasteiger partial charge in [-0.05, 0) is 82.4 Å². The van der Waals surface area contributed by atoms with E-state index in [2.05, 4.69) is 87.7 Å². The van der Waals surface area contributed by atoms with E-state index in [9.17, 15) is 4.79 Å². The van der Waals surface area contributed by atoms with Gasteiger partial charge in [-0.1, -0.05) is 26.0 Å². The van der Waals surface area contributed by atoms with Crippen molar-refractivity contribution in [3.63, 3.8) is 0 Å². The van der Waals surface area contributed by atoms with Gasteiger partial charge in [0.1, 0.15) is 0 Å². The molecule has 0 aliphatic carbocycles. The second kappa shape index (κ2) is 10.5. The molecule has 0 aromatic heterocycles. The Kier molecular flexibility index (Phi) is 7.72. The van der Waals surface area contributed by atoms with Crippen molar-refractivity contribution in [3.8, 4) is 0 Å². The highest BCUT2D eigenvalue weighted by Gasteiger charge is 2.51. The second-order valence-electron chi connectivity index (χ2n) is 11.1. The van der Waals surface area contributed by atoms with Crippen LogP contribution in [0.4, 0.5) is 11.4 Å². The average Bonchev–Trinajstić information content (AvgIpc) is 3.11. The van der Waals surface area contributed by atoms with Crippen molar-refractivity contribution in [2.24, 2.45) is 0 Å². The zero-order valence-electron chi connectivity index (χ0n) is 23.1. The molecule has 0 saturated carbocycles. The number of rotatable bonds is 7. The number of amides is 1. The van der Waals surface area contributed by atoms with Crippen molar-refractivity contribution in [2.75, 3.05) is 43.0 Å².